The number of hydrogen-bond acceptors (Lipinski definition) is 3. The summed E-state index contributed by atoms with van der Waals surface area (Å²) in [5.41, 5.74) is 1.10. The van der Waals surface area contributed by atoms with Crippen LogP contribution < -0.4 is 5.32 Å². The number of allylic oxidation sites excluding steroid dienone is 2. The molecular formula is C15H26N2O. The molecule has 1 heterocycles. The van der Waals surface area contributed by atoms with E-state index in [0.29, 0.717) is 12.6 Å². The molecule has 1 aliphatic rings. The summed E-state index contributed by atoms with van der Waals surface area (Å²) in [5, 5.41) is 3.37. The second kappa shape index (κ2) is 7.98. The van der Waals surface area contributed by atoms with Crippen LogP contribution in [0.4, 0.5) is 0 Å². The Labute approximate surface area is 111 Å². The third-order valence-electron chi connectivity index (χ3n) is 3.33. The number of ether oxygens (including phenoxy) is 1. The van der Waals surface area contributed by atoms with Gasteiger partial charge in [-0.1, -0.05) is 26.2 Å². The molecule has 0 radical (unpaired) electrons. The first-order valence-electron chi connectivity index (χ1n) is 6.75. The molecule has 0 amide bonds. The van der Waals surface area contributed by atoms with E-state index in [1.807, 2.05) is 6.08 Å². The van der Waals surface area contributed by atoms with Crippen molar-refractivity contribution in [2.45, 2.75) is 32.2 Å². The van der Waals surface area contributed by atoms with Crippen molar-refractivity contribution in [2.24, 2.45) is 0 Å². The Hall–Kier alpha value is -1.22. The van der Waals surface area contributed by atoms with Gasteiger partial charge in [-0.3, -0.25) is 4.90 Å². The predicted octanol–water partition coefficient (Wildman–Crippen LogP) is 2.68. The highest BCUT2D eigenvalue weighted by atomic mass is 16.5. The lowest BCUT2D eigenvalue weighted by molar-refractivity contribution is 0.263. The first-order chi connectivity index (χ1) is 8.72. The summed E-state index contributed by atoms with van der Waals surface area (Å²) < 4.78 is 5.25. The zero-order chi connectivity index (χ0) is 13.4. The molecule has 18 heavy (non-hydrogen) atoms. The van der Waals surface area contributed by atoms with Gasteiger partial charge in [-0.05, 0) is 38.4 Å². The van der Waals surface area contributed by atoms with Gasteiger partial charge in [-0.15, -0.1) is 0 Å². The molecule has 0 bridgehead atoms. The SMILES string of the molecule is C=C/C=C(/CNC(=C)C1CCCN1CCC)OC. The molecule has 3 nitrogen and oxygen atoms in total. The fourth-order valence-electron chi connectivity index (χ4n) is 2.42. The molecular weight excluding hydrogens is 224 g/mol. The van der Waals surface area contributed by atoms with Crippen LogP contribution in [-0.4, -0.2) is 37.7 Å². The van der Waals surface area contributed by atoms with E-state index in [2.05, 4.69) is 30.3 Å². The van der Waals surface area contributed by atoms with Crippen LogP contribution in [0.2, 0.25) is 0 Å². The highest BCUT2D eigenvalue weighted by Gasteiger charge is 2.25. The minimum absolute atomic E-state index is 0.479. The standard InChI is InChI=1S/C15H26N2O/c1-5-8-14(18-4)12-16-13(3)15-9-7-11-17(15)10-6-2/h5,8,15-16H,1,3,6-7,9-12H2,2,4H3/b14-8-. The maximum absolute atomic E-state index is 5.25. The quantitative estimate of drug-likeness (QED) is 0.529. The van der Waals surface area contributed by atoms with Crippen LogP contribution in [0.25, 0.3) is 0 Å². The highest BCUT2D eigenvalue weighted by Crippen LogP contribution is 2.21. The van der Waals surface area contributed by atoms with Gasteiger partial charge < -0.3 is 10.1 Å². The van der Waals surface area contributed by atoms with Gasteiger partial charge in [-0.2, -0.15) is 0 Å². The van der Waals surface area contributed by atoms with Gasteiger partial charge in [0.05, 0.1) is 13.7 Å². The Morgan fingerprint density at radius 3 is 2.94 bits per heavy atom. The van der Waals surface area contributed by atoms with Crippen LogP contribution in [-0.2, 0) is 4.74 Å². The Morgan fingerprint density at radius 1 is 1.56 bits per heavy atom. The van der Waals surface area contributed by atoms with Crippen molar-refractivity contribution >= 4 is 0 Å². The zero-order valence-electron chi connectivity index (χ0n) is 11.7. The van der Waals surface area contributed by atoms with Crippen molar-refractivity contribution in [1.29, 1.82) is 0 Å². The van der Waals surface area contributed by atoms with E-state index >= 15 is 0 Å². The smallest absolute Gasteiger partial charge is 0.115 e. The third-order valence-corrected chi connectivity index (χ3v) is 3.33. The van der Waals surface area contributed by atoms with E-state index in [1.165, 1.54) is 25.8 Å². The Kier molecular flexibility index (Phi) is 6.58. The van der Waals surface area contributed by atoms with Crippen LogP contribution >= 0.6 is 0 Å². The summed E-state index contributed by atoms with van der Waals surface area (Å²) in [4.78, 5) is 2.51. The topological polar surface area (TPSA) is 24.5 Å². The lowest BCUT2D eigenvalue weighted by Gasteiger charge is -2.26. The van der Waals surface area contributed by atoms with Gasteiger partial charge in [0.2, 0.25) is 0 Å². The molecule has 1 atom stereocenters. The van der Waals surface area contributed by atoms with E-state index in [4.69, 9.17) is 4.74 Å². The lowest BCUT2D eigenvalue weighted by atomic mass is 10.1. The first-order valence-corrected chi connectivity index (χ1v) is 6.75. The van der Waals surface area contributed by atoms with Gasteiger partial charge in [-0.25, -0.2) is 0 Å². The molecule has 102 valence electrons. The summed E-state index contributed by atoms with van der Waals surface area (Å²) in [5.74, 6) is 0.881. The summed E-state index contributed by atoms with van der Waals surface area (Å²) in [6.45, 7) is 13.1. The van der Waals surface area contributed by atoms with E-state index in [0.717, 1.165) is 18.0 Å². The Bertz CT molecular complexity index is 310. The lowest BCUT2D eigenvalue weighted by Crippen LogP contribution is -2.36. The second-order valence-electron chi connectivity index (χ2n) is 4.65. The molecule has 3 heteroatoms. The van der Waals surface area contributed by atoms with Crippen molar-refractivity contribution in [2.75, 3.05) is 26.7 Å². The normalized spacial score (nSPS) is 20.8. The monoisotopic (exact) mass is 250 g/mol. The average Bonchev–Trinajstić information content (AvgIpc) is 2.83. The van der Waals surface area contributed by atoms with Gasteiger partial charge in [0, 0.05) is 11.7 Å². The van der Waals surface area contributed by atoms with E-state index in [1.54, 1.807) is 13.2 Å². The molecule has 1 unspecified atom stereocenters. The molecule has 0 aromatic heterocycles. The Morgan fingerprint density at radius 2 is 2.33 bits per heavy atom. The molecule has 1 fully saturated rings. The average molecular weight is 250 g/mol. The predicted molar refractivity (Wildman–Crippen MR) is 77.3 cm³/mol. The fourth-order valence-corrected chi connectivity index (χ4v) is 2.42. The number of methoxy groups -OCH3 is 1. The van der Waals surface area contributed by atoms with Gasteiger partial charge in [0.25, 0.3) is 0 Å². The molecule has 0 aliphatic carbocycles. The van der Waals surface area contributed by atoms with E-state index < -0.39 is 0 Å². The van der Waals surface area contributed by atoms with Crippen molar-refractivity contribution in [3.05, 3.63) is 36.8 Å². The largest absolute Gasteiger partial charge is 0.499 e. The maximum atomic E-state index is 5.25. The van der Waals surface area contributed by atoms with Crippen molar-refractivity contribution in [3.8, 4) is 0 Å². The summed E-state index contributed by atoms with van der Waals surface area (Å²) in [7, 11) is 1.68. The maximum Gasteiger partial charge on any atom is 0.115 e. The molecule has 0 aromatic rings. The third kappa shape index (κ3) is 4.22. The summed E-state index contributed by atoms with van der Waals surface area (Å²) in [6.07, 6.45) is 7.29. The molecule has 1 saturated heterocycles. The van der Waals surface area contributed by atoms with Crippen LogP contribution in [0.5, 0.6) is 0 Å². The number of hydrogen-bond donors (Lipinski definition) is 1. The van der Waals surface area contributed by atoms with Crippen LogP contribution in [0.15, 0.2) is 36.8 Å². The number of likely N-dealkylation sites (tertiary alicyclic amines) is 1. The van der Waals surface area contributed by atoms with Gasteiger partial charge >= 0.3 is 0 Å². The van der Waals surface area contributed by atoms with Crippen molar-refractivity contribution in [1.82, 2.24) is 10.2 Å². The molecule has 0 spiro atoms. The van der Waals surface area contributed by atoms with Crippen LogP contribution in [0.3, 0.4) is 0 Å². The molecule has 1 aliphatic heterocycles. The molecule has 1 N–H and O–H groups in total. The van der Waals surface area contributed by atoms with E-state index in [-0.39, 0.29) is 0 Å². The zero-order valence-corrected chi connectivity index (χ0v) is 11.7. The van der Waals surface area contributed by atoms with Crippen LogP contribution in [0.1, 0.15) is 26.2 Å². The Balaban J connectivity index is 2.44. The van der Waals surface area contributed by atoms with Gasteiger partial charge in [0.1, 0.15) is 5.76 Å². The van der Waals surface area contributed by atoms with E-state index in [9.17, 15) is 0 Å². The van der Waals surface area contributed by atoms with Crippen molar-refractivity contribution in [3.63, 3.8) is 0 Å². The molecule has 0 aromatic carbocycles. The molecule has 0 saturated carbocycles. The van der Waals surface area contributed by atoms with Gasteiger partial charge in [0.15, 0.2) is 0 Å². The number of rotatable bonds is 8. The fraction of sp³-hybridized carbons (Fsp3) is 0.600. The minimum atomic E-state index is 0.479. The minimum Gasteiger partial charge on any atom is -0.499 e. The molecule has 1 rings (SSSR count). The van der Waals surface area contributed by atoms with Crippen molar-refractivity contribution < 1.29 is 4.74 Å². The summed E-state index contributed by atoms with van der Waals surface area (Å²) in [6, 6.07) is 0.479. The number of nitrogens with one attached hydrogen (secondary N) is 1. The second-order valence-corrected chi connectivity index (χ2v) is 4.65. The summed E-state index contributed by atoms with van der Waals surface area (Å²) >= 11 is 0. The first kappa shape index (κ1) is 14.8. The van der Waals surface area contributed by atoms with Crippen LogP contribution in [0, 0.1) is 0 Å². The number of nitrogens with zero attached hydrogens (tertiary/aromatic N) is 1. The highest BCUT2D eigenvalue weighted by molar-refractivity contribution is 5.11.